The molecule has 0 saturated carbocycles. The third-order valence-electron chi connectivity index (χ3n) is 2.67. The number of ether oxygens (including phenoxy) is 1. The molecule has 19 heavy (non-hydrogen) atoms. The van der Waals surface area contributed by atoms with Crippen LogP contribution in [0, 0.1) is 6.42 Å². The van der Waals surface area contributed by atoms with Gasteiger partial charge in [0.2, 0.25) is 0 Å². The van der Waals surface area contributed by atoms with E-state index in [1.807, 2.05) is 25.5 Å². The maximum absolute atomic E-state index is 12.3. The van der Waals surface area contributed by atoms with E-state index in [1.165, 1.54) is 12.1 Å². The first-order valence-corrected chi connectivity index (χ1v) is 5.74. The van der Waals surface area contributed by atoms with Gasteiger partial charge >= 0.3 is 6.36 Å². The Kier molecular flexibility index (Phi) is 3.79. The molecule has 0 spiro atoms. The van der Waals surface area contributed by atoms with Crippen LogP contribution in [-0.4, -0.2) is 6.36 Å². The van der Waals surface area contributed by atoms with Crippen LogP contribution in [0.3, 0.4) is 0 Å². The van der Waals surface area contributed by atoms with Gasteiger partial charge in [-0.15, -0.1) is 13.2 Å². The van der Waals surface area contributed by atoms with Crippen LogP contribution >= 0.6 is 0 Å². The van der Waals surface area contributed by atoms with Crippen LogP contribution in [0.15, 0.2) is 48.5 Å². The van der Waals surface area contributed by atoms with Crippen molar-refractivity contribution in [1.29, 1.82) is 0 Å². The van der Waals surface area contributed by atoms with E-state index in [-0.39, 0.29) is 5.75 Å². The molecule has 1 nitrogen and oxygen atoms in total. The molecular weight excluding hydrogens is 253 g/mol. The molecule has 0 aliphatic carbocycles. The van der Waals surface area contributed by atoms with E-state index in [2.05, 4.69) is 4.74 Å². The molecule has 2 rings (SSSR count). The lowest BCUT2D eigenvalue weighted by Crippen LogP contribution is -2.17. The second-order valence-corrected chi connectivity index (χ2v) is 3.95. The zero-order chi connectivity index (χ0) is 13.9. The van der Waals surface area contributed by atoms with Crippen LogP contribution < -0.4 is 4.74 Å². The first-order chi connectivity index (χ1) is 8.99. The van der Waals surface area contributed by atoms with E-state index < -0.39 is 6.36 Å². The fourth-order valence-electron chi connectivity index (χ4n) is 1.77. The molecule has 0 aliphatic heterocycles. The smallest absolute Gasteiger partial charge is 0.405 e. The molecule has 0 heterocycles. The lowest BCUT2D eigenvalue weighted by atomic mass is 10.0. The van der Waals surface area contributed by atoms with Crippen molar-refractivity contribution in [2.24, 2.45) is 0 Å². The number of para-hydroxylation sites is 1. The summed E-state index contributed by atoms with van der Waals surface area (Å²) in [5.41, 5.74) is 2.12. The summed E-state index contributed by atoms with van der Waals surface area (Å²) in [6, 6.07) is 13.3. The highest BCUT2D eigenvalue weighted by molar-refractivity contribution is 5.70. The summed E-state index contributed by atoms with van der Waals surface area (Å²) in [4.78, 5) is 0. The molecule has 0 unspecified atom stereocenters. The van der Waals surface area contributed by atoms with Gasteiger partial charge in [-0.05, 0) is 23.6 Å². The molecule has 0 fully saturated rings. The van der Waals surface area contributed by atoms with Gasteiger partial charge in [0, 0.05) is 5.56 Å². The maximum Gasteiger partial charge on any atom is 0.573 e. The fraction of sp³-hybridized carbons (Fsp3) is 0.133. The predicted molar refractivity (Wildman–Crippen MR) is 67.6 cm³/mol. The molecule has 0 N–H and O–H groups in total. The quantitative estimate of drug-likeness (QED) is 0.772. The molecule has 0 bridgehead atoms. The van der Waals surface area contributed by atoms with Gasteiger partial charge in [0.25, 0.3) is 0 Å². The monoisotopic (exact) mass is 265 g/mol. The minimum atomic E-state index is -4.69. The summed E-state index contributed by atoms with van der Waals surface area (Å²) in [6.07, 6.45) is -2.77. The Morgan fingerprint density at radius 1 is 0.947 bits per heavy atom. The number of rotatable bonds is 3. The van der Waals surface area contributed by atoms with Crippen molar-refractivity contribution in [3.05, 3.63) is 60.5 Å². The fourth-order valence-corrected chi connectivity index (χ4v) is 1.77. The van der Waals surface area contributed by atoms with Gasteiger partial charge in [0.1, 0.15) is 5.75 Å². The van der Waals surface area contributed by atoms with Crippen molar-refractivity contribution in [1.82, 2.24) is 0 Å². The predicted octanol–water partition coefficient (Wildman–Crippen LogP) is 4.82. The molecule has 4 heteroatoms. The highest BCUT2D eigenvalue weighted by atomic mass is 19.4. The van der Waals surface area contributed by atoms with Crippen molar-refractivity contribution in [2.75, 3.05) is 0 Å². The Bertz CT molecular complexity index is 544. The Morgan fingerprint density at radius 2 is 1.58 bits per heavy atom. The van der Waals surface area contributed by atoms with Gasteiger partial charge in [-0.1, -0.05) is 49.4 Å². The summed E-state index contributed by atoms with van der Waals surface area (Å²) < 4.78 is 41.0. The third kappa shape index (κ3) is 3.50. The highest BCUT2D eigenvalue weighted by Crippen LogP contribution is 2.33. The van der Waals surface area contributed by atoms with Crippen LogP contribution in [-0.2, 0) is 0 Å². The molecule has 0 atom stereocenters. The second kappa shape index (κ2) is 5.34. The topological polar surface area (TPSA) is 9.23 Å². The van der Waals surface area contributed by atoms with E-state index in [9.17, 15) is 13.2 Å². The van der Waals surface area contributed by atoms with Crippen LogP contribution in [0.1, 0.15) is 12.5 Å². The largest absolute Gasteiger partial charge is 0.573 e. The summed E-state index contributed by atoms with van der Waals surface area (Å²) in [7, 11) is 0. The molecule has 0 aliphatic rings. The number of hydrogen-bond donors (Lipinski definition) is 0. The van der Waals surface area contributed by atoms with Crippen LogP contribution in [0.25, 0.3) is 11.1 Å². The molecule has 0 amide bonds. The number of alkyl halides is 3. The average Bonchev–Trinajstić information content (AvgIpc) is 2.38. The van der Waals surface area contributed by atoms with Crippen molar-refractivity contribution in [2.45, 2.75) is 13.3 Å². The van der Waals surface area contributed by atoms with Gasteiger partial charge in [-0.25, -0.2) is 0 Å². The second-order valence-electron chi connectivity index (χ2n) is 3.95. The molecule has 99 valence electrons. The van der Waals surface area contributed by atoms with E-state index in [0.29, 0.717) is 11.1 Å². The first-order valence-electron chi connectivity index (χ1n) is 5.74. The van der Waals surface area contributed by atoms with Gasteiger partial charge in [0.05, 0.1) is 0 Å². The van der Waals surface area contributed by atoms with Gasteiger partial charge in [0.15, 0.2) is 0 Å². The van der Waals surface area contributed by atoms with Crippen molar-refractivity contribution in [3.8, 4) is 16.9 Å². The van der Waals surface area contributed by atoms with E-state index >= 15 is 0 Å². The third-order valence-corrected chi connectivity index (χ3v) is 2.67. The summed E-state index contributed by atoms with van der Waals surface area (Å²) in [5, 5.41) is 0. The molecule has 2 aromatic carbocycles. The van der Waals surface area contributed by atoms with E-state index in [4.69, 9.17) is 0 Å². The molecular formula is C15H12F3O. The van der Waals surface area contributed by atoms with Gasteiger partial charge < -0.3 is 4.74 Å². The van der Waals surface area contributed by atoms with Crippen LogP contribution in [0.2, 0.25) is 0 Å². The number of benzene rings is 2. The normalized spacial score (nSPS) is 11.4. The summed E-state index contributed by atoms with van der Waals surface area (Å²) in [6.45, 7) is 1.90. The Balaban J connectivity index is 2.38. The zero-order valence-corrected chi connectivity index (χ0v) is 10.2. The van der Waals surface area contributed by atoms with Crippen molar-refractivity contribution < 1.29 is 17.9 Å². The standard InChI is InChI=1S/C15H12F3O/c1-2-11-7-9-12(10-8-11)13-5-3-4-6-14(13)19-15(16,17)18/h2-10H,1H3. The van der Waals surface area contributed by atoms with Crippen molar-refractivity contribution in [3.63, 3.8) is 0 Å². The first kappa shape index (κ1) is 13.5. The lowest BCUT2D eigenvalue weighted by molar-refractivity contribution is -0.274. The van der Waals surface area contributed by atoms with E-state index in [0.717, 1.165) is 5.56 Å². The minimum absolute atomic E-state index is 0.191. The Hall–Kier alpha value is -1.97. The zero-order valence-electron chi connectivity index (χ0n) is 10.2. The average molecular weight is 265 g/mol. The Morgan fingerprint density at radius 3 is 2.16 bits per heavy atom. The van der Waals surface area contributed by atoms with Crippen molar-refractivity contribution >= 4 is 0 Å². The molecule has 0 saturated heterocycles. The number of hydrogen-bond acceptors (Lipinski definition) is 1. The van der Waals surface area contributed by atoms with Crippen LogP contribution in [0.4, 0.5) is 13.2 Å². The highest BCUT2D eigenvalue weighted by Gasteiger charge is 2.32. The lowest BCUT2D eigenvalue weighted by Gasteiger charge is -2.13. The Labute approximate surface area is 109 Å². The van der Waals surface area contributed by atoms with Gasteiger partial charge in [-0.2, -0.15) is 0 Å². The molecule has 2 aromatic rings. The summed E-state index contributed by atoms with van der Waals surface area (Å²) >= 11 is 0. The van der Waals surface area contributed by atoms with Gasteiger partial charge in [-0.3, -0.25) is 0 Å². The number of halogens is 3. The maximum atomic E-state index is 12.3. The molecule has 0 aromatic heterocycles. The van der Waals surface area contributed by atoms with E-state index in [1.54, 1.807) is 24.3 Å². The minimum Gasteiger partial charge on any atom is -0.405 e. The molecule has 1 radical (unpaired) electrons. The SMILES string of the molecule is C[CH]c1ccc(-c2ccccc2OC(F)(F)F)cc1. The van der Waals surface area contributed by atoms with Crippen LogP contribution in [0.5, 0.6) is 5.75 Å². The summed E-state index contributed by atoms with van der Waals surface area (Å²) in [5.74, 6) is -0.191.